The Morgan fingerprint density at radius 3 is 2.08 bits per heavy atom. The molecule has 9 heteroatoms. The maximum atomic E-state index is 13.8. The van der Waals surface area contributed by atoms with E-state index in [1.54, 1.807) is 32.9 Å². The molecule has 0 unspecified atom stereocenters. The van der Waals surface area contributed by atoms with Gasteiger partial charge in [-0.1, -0.05) is 42.5 Å². The van der Waals surface area contributed by atoms with Crippen LogP contribution in [-0.2, 0) is 14.1 Å². The number of nitrogens with zero attached hydrogens (tertiary/aromatic N) is 3. The zero-order valence-electron chi connectivity index (χ0n) is 22.3. The summed E-state index contributed by atoms with van der Waals surface area (Å²) in [6, 6.07) is 21.0. The van der Waals surface area contributed by atoms with Gasteiger partial charge in [0.2, 0.25) is 5.75 Å². The maximum Gasteiger partial charge on any atom is 0.331 e. The van der Waals surface area contributed by atoms with Crippen molar-refractivity contribution in [3.8, 4) is 34.2 Å². The number of fused-ring (bicyclic) bond motifs is 5. The average molecular weight is 525 g/mol. The lowest BCUT2D eigenvalue weighted by Crippen LogP contribution is -2.37. The van der Waals surface area contributed by atoms with E-state index >= 15 is 0 Å². The molecule has 0 saturated heterocycles. The lowest BCUT2D eigenvalue weighted by Gasteiger charge is -2.31. The van der Waals surface area contributed by atoms with Crippen molar-refractivity contribution in [1.82, 2.24) is 13.7 Å². The quantitative estimate of drug-likeness (QED) is 0.370. The molecule has 6 rings (SSSR count). The topological polar surface area (TPSA) is 88.7 Å². The second-order valence-corrected chi connectivity index (χ2v) is 9.42. The van der Waals surface area contributed by atoms with Gasteiger partial charge in [-0.15, -0.1) is 0 Å². The van der Waals surface area contributed by atoms with Gasteiger partial charge in [-0.05, 0) is 35.4 Å². The third-order valence-electron chi connectivity index (χ3n) is 7.39. The molecule has 0 bridgehead atoms. The van der Waals surface area contributed by atoms with Gasteiger partial charge in [-0.3, -0.25) is 13.9 Å². The summed E-state index contributed by atoms with van der Waals surface area (Å²) in [7, 11) is 7.92. The Morgan fingerprint density at radius 1 is 0.795 bits per heavy atom. The van der Waals surface area contributed by atoms with E-state index in [0.29, 0.717) is 28.2 Å². The number of para-hydroxylation sites is 2. The highest BCUT2D eigenvalue weighted by molar-refractivity contribution is 5.99. The first-order chi connectivity index (χ1) is 18.9. The van der Waals surface area contributed by atoms with Crippen molar-refractivity contribution in [2.24, 2.45) is 14.1 Å². The second kappa shape index (κ2) is 9.13. The van der Waals surface area contributed by atoms with Gasteiger partial charge in [0.15, 0.2) is 11.5 Å². The fraction of sp³-hybridized carbons (Fsp3) is 0.200. The van der Waals surface area contributed by atoms with Crippen LogP contribution in [0.15, 0.2) is 76.3 Å². The van der Waals surface area contributed by atoms with Crippen LogP contribution in [0.5, 0.6) is 17.2 Å². The van der Waals surface area contributed by atoms with E-state index in [-0.39, 0.29) is 5.56 Å². The highest BCUT2D eigenvalue weighted by Crippen LogP contribution is 2.48. The first-order valence-electron chi connectivity index (χ1n) is 12.5. The number of aromatic nitrogens is 3. The minimum atomic E-state index is -0.466. The molecule has 1 aliphatic rings. The zero-order valence-corrected chi connectivity index (χ0v) is 22.3. The van der Waals surface area contributed by atoms with Gasteiger partial charge in [-0.25, -0.2) is 4.79 Å². The van der Waals surface area contributed by atoms with Crippen LogP contribution >= 0.6 is 0 Å². The predicted molar refractivity (Wildman–Crippen MR) is 151 cm³/mol. The molecule has 0 aliphatic carbocycles. The Kier molecular flexibility index (Phi) is 5.71. The van der Waals surface area contributed by atoms with Crippen LogP contribution in [0, 0.1) is 0 Å². The molecule has 1 atom stereocenters. The van der Waals surface area contributed by atoms with Crippen LogP contribution in [0.3, 0.4) is 0 Å². The van der Waals surface area contributed by atoms with Gasteiger partial charge in [-0.2, -0.15) is 0 Å². The number of hydrogen-bond acceptors (Lipinski definition) is 6. The van der Waals surface area contributed by atoms with Gasteiger partial charge in [0.05, 0.1) is 61.0 Å². The smallest absolute Gasteiger partial charge is 0.331 e. The van der Waals surface area contributed by atoms with Crippen molar-refractivity contribution in [1.29, 1.82) is 0 Å². The normalized spacial score (nSPS) is 13.9. The molecule has 0 spiro atoms. The molecule has 0 fully saturated rings. The van der Waals surface area contributed by atoms with Gasteiger partial charge in [0.25, 0.3) is 5.56 Å². The highest BCUT2D eigenvalue weighted by Gasteiger charge is 2.35. The SMILES string of the molecule is COc1cc([C@H]2Nc3ccccc3-n3c(-c4ccccc4)c4c(=O)n(C)c(=O)n(C)c4c32)cc(OC)c1OC. The minimum absolute atomic E-state index is 0.352. The Morgan fingerprint density at radius 2 is 1.44 bits per heavy atom. The number of benzene rings is 3. The van der Waals surface area contributed by atoms with E-state index in [4.69, 9.17) is 14.2 Å². The number of nitrogens with one attached hydrogen (secondary N) is 1. The summed E-state index contributed by atoms with van der Waals surface area (Å²) in [6.07, 6.45) is 0. The Hall–Kier alpha value is -4.92. The number of hydrogen-bond donors (Lipinski definition) is 1. The largest absolute Gasteiger partial charge is 0.493 e. The fourth-order valence-electron chi connectivity index (χ4n) is 5.60. The standard InChI is InChI=1S/C30H28N4O5/c1-32-26-23(29(35)33(2)30(32)36)25(17-11-7-6-8-12-17)34-20-14-10-9-13-19(20)31-24(27(26)34)18-15-21(37-3)28(39-5)22(16-18)38-4/h6-16,24,31H,1-5H3/t24-/m1/s1. The molecule has 1 N–H and O–H groups in total. The number of ether oxygens (including phenoxy) is 3. The van der Waals surface area contributed by atoms with E-state index in [9.17, 15) is 9.59 Å². The summed E-state index contributed by atoms with van der Waals surface area (Å²) in [5.74, 6) is 1.48. The second-order valence-electron chi connectivity index (χ2n) is 9.42. The summed E-state index contributed by atoms with van der Waals surface area (Å²) in [5, 5.41) is 4.12. The zero-order chi connectivity index (χ0) is 27.4. The van der Waals surface area contributed by atoms with E-state index in [2.05, 4.69) is 9.88 Å². The Balaban J connectivity index is 1.82. The summed E-state index contributed by atoms with van der Waals surface area (Å²) in [5.41, 5.74) is 4.72. The molecule has 0 saturated carbocycles. The number of rotatable bonds is 5. The highest BCUT2D eigenvalue weighted by atomic mass is 16.5. The predicted octanol–water partition coefficient (Wildman–Crippen LogP) is 4.24. The van der Waals surface area contributed by atoms with Crippen molar-refractivity contribution in [2.75, 3.05) is 26.6 Å². The lowest BCUT2D eigenvalue weighted by molar-refractivity contribution is 0.323. The Bertz CT molecular complexity index is 1840. The Labute approximate surface area is 224 Å². The number of methoxy groups -OCH3 is 3. The molecule has 39 heavy (non-hydrogen) atoms. The average Bonchev–Trinajstić information content (AvgIpc) is 3.34. The van der Waals surface area contributed by atoms with E-state index in [0.717, 1.165) is 38.5 Å². The molecule has 5 aromatic rings. The van der Waals surface area contributed by atoms with Crippen LogP contribution in [0.1, 0.15) is 17.3 Å². The molecule has 3 heterocycles. The van der Waals surface area contributed by atoms with E-state index in [1.807, 2.05) is 66.7 Å². The monoisotopic (exact) mass is 524 g/mol. The first kappa shape index (κ1) is 24.4. The molecule has 0 radical (unpaired) electrons. The molecular weight excluding hydrogens is 496 g/mol. The van der Waals surface area contributed by atoms with Gasteiger partial charge in [0, 0.05) is 14.1 Å². The number of anilines is 1. The van der Waals surface area contributed by atoms with Crippen molar-refractivity contribution in [3.63, 3.8) is 0 Å². The van der Waals surface area contributed by atoms with Gasteiger partial charge < -0.3 is 24.1 Å². The lowest BCUT2D eigenvalue weighted by atomic mass is 9.98. The van der Waals surface area contributed by atoms with Crippen LogP contribution in [0.2, 0.25) is 0 Å². The summed E-state index contributed by atoms with van der Waals surface area (Å²) < 4.78 is 21.7. The van der Waals surface area contributed by atoms with Gasteiger partial charge >= 0.3 is 5.69 Å². The van der Waals surface area contributed by atoms with E-state index in [1.165, 1.54) is 7.05 Å². The first-order valence-corrected chi connectivity index (χ1v) is 12.5. The van der Waals surface area contributed by atoms with Crippen molar-refractivity contribution >= 4 is 16.6 Å². The number of aryl methyl sites for hydroxylation is 1. The molecule has 0 amide bonds. The molecular formula is C30H28N4O5. The maximum absolute atomic E-state index is 13.8. The molecule has 198 valence electrons. The van der Waals surface area contributed by atoms with Crippen molar-refractivity contribution in [2.45, 2.75) is 6.04 Å². The minimum Gasteiger partial charge on any atom is -0.493 e. The third-order valence-corrected chi connectivity index (χ3v) is 7.39. The van der Waals surface area contributed by atoms with Crippen molar-refractivity contribution in [3.05, 3.63) is 98.8 Å². The molecule has 1 aliphatic heterocycles. The summed E-state index contributed by atoms with van der Waals surface area (Å²) in [6.45, 7) is 0. The van der Waals surface area contributed by atoms with Gasteiger partial charge in [0.1, 0.15) is 0 Å². The summed E-state index contributed by atoms with van der Waals surface area (Å²) in [4.78, 5) is 27.1. The van der Waals surface area contributed by atoms with Crippen molar-refractivity contribution < 1.29 is 14.2 Å². The summed E-state index contributed by atoms with van der Waals surface area (Å²) >= 11 is 0. The van der Waals surface area contributed by atoms with E-state index < -0.39 is 11.7 Å². The fourth-order valence-corrected chi connectivity index (χ4v) is 5.60. The molecule has 2 aromatic heterocycles. The van der Waals surface area contributed by atoms with Crippen LogP contribution in [0.25, 0.3) is 27.8 Å². The molecule has 3 aromatic carbocycles. The van der Waals surface area contributed by atoms with Crippen LogP contribution in [-0.4, -0.2) is 35.0 Å². The molecule has 9 nitrogen and oxygen atoms in total. The third kappa shape index (κ3) is 3.46. The van der Waals surface area contributed by atoms with Crippen LogP contribution in [0.4, 0.5) is 5.69 Å². The van der Waals surface area contributed by atoms with Crippen LogP contribution < -0.4 is 30.8 Å².